The summed E-state index contributed by atoms with van der Waals surface area (Å²) in [5.74, 6) is -0.317. The number of benzene rings is 1. The minimum Gasteiger partial charge on any atom is -0.500 e. The molecule has 1 aromatic carbocycles. The minimum atomic E-state index is -0.617. The highest BCUT2D eigenvalue weighted by molar-refractivity contribution is 5.59. The molecule has 1 aromatic rings. The van der Waals surface area contributed by atoms with Crippen LogP contribution in [0, 0.1) is 10.1 Å². The fraction of sp³-hybridized carbons (Fsp3) is 0.455. The molecule has 0 heterocycles. The molecule has 6 nitrogen and oxygen atoms in total. The van der Waals surface area contributed by atoms with Crippen molar-refractivity contribution in [2.45, 2.75) is 18.3 Å². The molecule has 0 saturated heterocycles. The Morgan fingerprint density at radius 3 is 2.65 bits per heavy atom. The summed E-state index contributed by atoms with van der Waals surface area (Å²) in [6, 6.07) is 3.01. The van der Waals surface area contributed by atoms with Crippen LogP contribution in [0.5, 0.6) is 11.5 Å². The summed E-state index contributed by atoms with van der Waals surface area (Å²) in [5.41, 5.74) is 5.94. The van der Waals surface area contributed by atoms with Gasteiger partial charge in [0.2, 0.25) is 5.75 Å². The van der Waals surface area contributed by atoms with Crippen LogP contribution in [0.2, 0.25) is 0 Å². The molecular formula is C11H14N2O4. The van der Waals surface area contributed by atoms with Gasteiger partial charge in [0, 0.05) is 18.0 Å². The van der Waals surface area contributed by atoms with Gasteiger partial charge >= 0.3 is 5.69 Å². The molecule has 0 amide bonds. The Morgan fingerprint density at radius 1 is 1.59 bits per heavy atom. The number of nitro benzene ring substituents is 1. The number of methoxy groups -OCH3 is 1. The number of aromatic hydroxyl groups is 1. The Morgan fingerprint density at radius 2 is 2.24 bits per heavy atom. The van der Waals surface area contributed by atoms with Crippen molar-refractivity contribution in [1.82, 2.24) is 0 Å². The van der Waals surface area contributed by atoms with Crippen molar-refractivity contribution in [3.05, 3.63) is 27.8 Å². The van der Waals surface area contributed by atoms with Gasteiger partial charge in [-0.1, -0.05) is 0 Å². The van der Waals surface area contributed by atoms with Crippen LogP contribution >= 0.6 is 0 Å². The molecule has 0 bridgehead atoms. The maximum atomic E-state index is 10.8. The smallest absolute Gasteiger partial charge is 0.314 e. The Labute approximate surface area is 98.2 Å². The van der Waals surface area contributed by atoms with Gasteiger partial charge in [0.15, 0.2) is 5.75 Å². The zero-order chi connectivity index (χ0) is 12.6. The van der Waals surface area contributed by atoms with Crippen LogP contribution < -0.4 is 10.5 Å². The van der Waals surface area contributed by atoms with Crippen LogP contribution in [0.15, 0.2) is 12.1 Å². The van der Waals surface area contributed by atoms with Gasteiger partial charge in [-0.15, -0.1) is 0 Å². The molecule has 1 aliphatic carbocycles. The van der Waals surface area contributed by atoms with Gasteiger partial charge in [-0.3, -0.25) is 10.1 Å². The van der Waals surface area contributed by atoms with Crippen LogP contribution in [0.3, 0.4) is 0 Å². The zero-order valence-electron chi connectivity index (χ0n) is 9.47. The lowest BCUT2D eigenvalue weighted by molar-refractivity contribution is -0.386. The summed E-state index contributed by atoms with van der Waals surface area (Å²) >= 11 is 0. The van der Waals surface area contributed by atoms with Crippen molar-refractivity contribution >= 4 is 5.69 Å². The Bertz CT molecular complexity index is 469. The number of hydrogen-bond donors (Lipinski definition) is 2. The first-order chi connectivity index (χ1) is 8.04. The highest BCUT2D eigenvalue weighted by Crippen LogP contribution is 2.50. The van der Waals surface area contributed by atoms with Crippen LogP contribution in [-0.4, -0.2) is 23.7 Å². The van der Waals surface area contributed by atoms with E-state index in [1.807, 2.05) is 0 Å². The normalized spacial score (nSPS) is 16.6. The number of nitro groups is 1. The summed E-state index contributed by atoms with van der Waals surface area (Å²) in [4.78, 5) is 10.2. The number of nitrogens with zero attached hydrogens (tertiary/aromatic N) is 1. The molecule has 1 aliphatic rings. The highest BCUT2D eigenvalue weighted by Gasteiger charge is 2.44. The van der Waals surface area contributed by atoms with E-state index >= 15 is 0 Å². The van der Waals surface area contributed by atoms with Crippen molar-refractivity contribution in [1.29, 1.82) is 0 Å². The van der Waals surface area contributed by atoms with E-state index in [9.17, 15) is 15.2 Å². The number of phenolic OH excluding ortho intramolecular Hbond substituents is 1. The number of hydrogen-bond acceptors (Lipinski definition) is 5. The quantitative estimate of drug-likeness (QED) is 0.608. The summed E-state index contributed by atoms with van der Waals surface area (Å²) in [6.45, 7) is 0.443. The van der Waals surface area contributed by atoms with Gasteiger partial charge in [0.25, 0.3) is 0 Å². The average Bonchev–Trinajstić information content (AvgIpc) is 3.10. The molecule has 0 spiro atoms. The lowest BCUT2D eigenvalue weighted by atomic mass is 9.95. The molecule has 0 aromatic heterocycles. The maximum absolute atomic E-state index is 10.8. The highest BCUT2D eigenvalue weighted by atomic mass is 16.6. The number of ether oxygens (including phenoxy) is 1. The van der Waals surface area contributed by atoms with Gasteiger partial charge in [-0.05, 0) is 24.5 Å². The maximum Gasteiger partial charge on any atom is 0.314 e. The topological polar surface area (TPSA) is 98.6 Å². The molecule has 17 heavy (non-hydrogen) atoms. The first-order valence-corrected chi connectivity index (χ1v) is 5.30. The van der Waals surface area contributed by atoms with E-state index in [4.69, 9.17) is 10.5 Å². The third-order valence-corrected chi connectivity index (χ3v) is 3.33. The molecule has 3 N–H and O–H groups in total. The van der Waals surface area contributed by atoms with E-state index in [2.05, 4.69) is 0 Å². The van der Waals surface area contributed by atoms with Crippen molar-refractivity contribution < 1.29 is 14.8 Å². The summed E-state index contributed by atoms with van der Waals surface area (Å²) in [7, 11) is 1.37. The Balaban J connectivity index is 2.55. The number of nitrogens with two attached hydrogens (primary N) is 1. The van der Waals surface area contributed by atoms with Crippen LogP contribution in [0.25, 0.3) is 0 Å². The lowest BCUT2D eigenvalue weighted by Crippen LogP contribution is -2.19. The molecule has 0 aliphatic heterocycles. The molecule has 92 valence electrons. The largest absolute Gasteiger partial charge is 0.500 e. The molecule has 2 rings (SSSR count). The monoisotopic (exact) mass is 238 g/mol. The van der Waals surface area contributed by atoms with Crippen LogP contribution in [-0.2, 0) is 5.41 Å². The third-order valence-electron chi connectivity index (χ3n) is 3.33. The molecule has 0 atom stereocenters. The van der Waals surface area contributed by atoms with Crippen molar-refractivity contribution in [2.24, 2.45) is 5.73 Å². The fourth-order valence-corrected chi connectivity index (χ4v) is 1.96. The molecule has 1 saturated carbocycles. The lowest BCUT2D eigenvalue weighted by Gasteiger charge is -2.14. The van der Waals surface area contributed by atoms with Gasteiger partial charge in [-0.25, -0.2) is 0 Å². The van der Waals surface area contributed by atoms with E-state index in [0.29, 0.717) is 6.54 Å². The van der Waals surface area contributed by atoms with Gasteiger partial charge < -0.3 is 15.6 Å². The van der Waals surface area contributed by atoms with Crippen molar-refractivity contribution in [3.8, 4) is 11.5 Å². The standard InChI is InChI=1S/C11H14N2O4/c1-17-9-5-7(11(6-12)2-3-11)4-8(10(9)14)13(15)16/h4-5,14H,2-3,6,12H2,1H3. The molecule has 6 heteroatoms. The van der Waals surface area contributed by atoms with Crippen molar-refractivity contribution in [3.63, 3.8) is 0 Å². The second-order valence-corrected chi connectivity index (χ2v) is 4.29. The first-order valence-electron chi connectivity index (χ1n) is 5.30. The Kier molecular flexibility index (Phi) is 2.66. The minimum absolute atomic E-state index is 0.119. The van der Waals surface area contributed by atoms with Gasteiger partial charge in [0.05, 0.1) is 12.0 Å². The van der Waals surface area contributed by atoms with E-state index in [0.717, 1.165) is 18.4 Å². The van der Waals surface area contributed by atoms with Crippen LogP contribution in [0.4, 0.5) is 5.69 Å². The SMILES string of the molecule is COc1cc(C2(CN)CC2)cc([N+](=O)[O-])c1O. The number of rotatable bonds is 4. The van der Waals surface area contributed by atoms with Crippen LogP contribution in [0.1, 0.15) is 18.4 Å². The van der Waals surface area contributed by atoms with Crippen molar-refractivity contribution in [2.75, 3.05) is 13.7 Å². The molecule has 0 radical (unpaired) electrons. The van der Waals surface area contributed by atoms with E-state index in [1.54, 1.807) is 6.07 Å². The first kappa shape index (κ1) is 11.7. The second-order valence-electron chi connectivity index (χ2n) is 4.29. The summed E-state index contributed by atoms with van der Waals surface area (Å²) in [5, 5.41) is 20.5. The van der Waals surface area contributed by atoms with E-state index < -0.39 is 10.7 Å². The molecule has 0 unspecified atom stereocenters. The average molecular weight is 238 g/mol. The predicted molar refractivity (Wildman–Crippen MR) is 61.3 cm³/mol. The molecular weight excluding hydrogens is 224 g/mol. The zero-order valence-corrected chi connectivity index (χ0v) is 9.47. The summed E-state index contributed by atoms with van der Waals surface area (Å²) in [6.07, 6.45) is 1.82. The second kappa shape index (κ2) is 3.89. The van der Waals surface area contributed by atoms with Gasteiger partial charge in [0.1, 0.15) is 0 Å². The summed E-state index contributed by atoms with van der Waals surface area (Å²) < 4.78 is 4.95. The Hall–Kier alpha value is -1.82. The van der Waals surface area contributed by atoms with Gasteiger partial charge in [-0.2, -0.15) is 0 Å². The van der Waals surface area contributed by atoms with E-state index in [1.165, 1.54) is 13.2 Å². The number of phenols is 1. The third kappa shape index (κ3) is 1.80. The predicted octanol–water partition coefficient (Wildman–Crippen LogP) is 1.30. The van der Waals surface area contributed by atoms with E-state index in [-0.39, 0.29) is 16.9 Å². The fourth-order valence-electron chi connectivity index (χ4n) is 1.96. The molecule has 1 fully saturated rings.